The number of hydrogen-bond donors (Lipinski definition) is 2. The van der Waals surface area contributed by atoms with Crippen LogP contribution >= 0.6 is 0 Å². The number of hydrogen-bond acceptors (Lipinski definition) is 3. The maximum Gasteiger partial charge on any atom is 0.165 e. The minimum atomic E-state index is -0.359. The zero-order chi connectivity index (χ0) is 16.1. The fourth-order valence-corrected chi connectivity index (χ4v) is 2.47. The van der Waals surface area contributed by atoms with Crippen molar-refractivity contribution in [2.75, 3.05) is 7.11 Å². The van der Waals surface area contributed by atoms with Crippen molar-refractivity contribution in [3.63, 3.8) is 0 Å². The van der Waals surface area contributed by atoms with E-state index in [1.165, 1.54) is 13.2 Å². The van der Waals surface area contributed by atoms with Gasteiger partial charge < -0.3 is 15.2 Å². The van der Waals surface area contributed by atoms with Gasteiger partial charge in [0.2, 0.25) is 0 Å². The Labute approximate surface area is 130 Å². The van der Waals surface area contributed by atoms with Crippen LogP contribution in [0, 0.1) is 5.82 Å². The van der Waals surface area contributed by atoms with Crippen LogP contribution in [0.1, 0.15) is 42.6 Å². The standard InChI is InChI=1S/C18H22FNO2/c1-12(15-6-4-5-14(9-15)11-21)20-13(2)16-7-8-17(19)18(10-16)22-3/h4-10,12-13,20-21H,11H2,1-3H3. The van der Waals surface area contributed by atoms with Gasteiger partial charge >= 0.3 is 0 Å². The Morgan fingerprint density at radius 3 is 2.41 bits per heavy atom. The highest BCUT2D eigenvalue weighted by Gasteiger charge is 2.13. The zero-order valence-electron chi connectivity index (χ0n) is 13.1. The first-order chi connectivity index (χ1) is 10.5. The van der Waals surface area contributed by atoms with Crippen LogP contribution in [0.5, 0.6) is 5.75 Å². The van der Waals surface area contributed by atoms with E-state index < -0.39 is 0 Å². The SMILES string of the molecule is COc1cc(C(C)NC(C)c2cccc(CO)c2)ccc1F. The van der Waals surface area contributed by atoms with E-state index in [0.29, 0.717) is 0 Å². The molecule has 0 fully saturated rings. The molecule has 0 bridgehead atoms. The quantitative estimate of drug-likeness (QED) is 0.854. The molecule has 3 nitrogen and oxygen atoms in total. The van der Waals surface area contributed by atoms with Gasteiger partial charge in [-0.15, -0.1) is 0 Å². The van der Waals surface area contributed by atoms with Crippen molar-refractivity contribution in [2.24, 2.45) is 0 Å². The van der Waals surface area contributed by atoms with Gasteiger partial charge in [0.1, 0.15) is 0 Å². The Morgan fingerprint density at radius 2 is 1.77 bits per heavy atom. The summed E-state index contributed by atoms with van der Waals surface area (Å²) in [6, 6.07) is 12.9. The second kappa shape index (κ2) is 7.38. The smallest absolute Gasteiger partial charge is 0.165 e. The maximum atomic E-state index is 13.5. The third-order valence-electron chi connectivity index (χ3n) is 3.81. The highest BCUT2D eigenvalue weighted by atomic mass is 19.1. The summed E-state index contributed by atoms with van der Waals surface area (Å²) >= 11 is 0. The molecule has 2 N–H and O–H groups in total. The molecule has 2 aromatic carbocycles. The molecular formula is C18H22FNO2. The van der Waals surface area contributed by atoms with E-state index in [2.05, 4.69) is 12.2 Å². The van der Waals surface area contributed by atoms with Crippen molar-refractivity contribution in [3.05, 3.63) is 65.0 Å². The minimum absolute atomic E-state index is 0.0330. The average Bonchev–Trinajstić information content (AvgIpc) is 2.55. The molecule has 0 radical (unpaired) electrons. The Balaban J connectivity index is 2.11. The summed E-state index contributed by atoms with van der Waals surface area (Å²) in [5.41, 5.74) is 2.96. The summed E-state index contributed by atoms with van der Waals surface area (Å²) in [5.74, 6) is -0.108. The van der Waals surface area contributed by atoms with Gasteiger partial charge in [-0.05, 0) is 42.7 Å². The van der Waals surface area contributed by atoms with E-state index in [4.69, 9.17) is 4.74 Å². The fraction of sp³-hybridized carbons (Fsp3) is 0.333. The predicted molar refractivity (Wildman–Crippen MR) is 85.3 cm³/mol. The van der Waals surface area contributed by atoms with Crippen LogP contribution in [0.2, 0.25) is 0 Å². The average molecular weight is 303 g/mol. The van der Waals surface area contributed by atoms with Gasteiger partial charge in [-0.25, -0.2) is 4.39 Å². The van der Waals surface area contributed by atoms with E-state index in [1.54, 1.807) is 12.1 Å². The number of benzene rings is 2. The van der Waals surface area contributed by atoms with Crippen molar-refractivity contribution >= 4 is 0 Å². The van der Waals surface area contributed by atoms with Gasteiger partial charge in [0, 0.05) is 12.1 Å². The molecule has 0 saturated heterocycles. The molecule has 22 heavy (non-hydrogen) atoms. The van der Waals surface area contributed by atoms with Crippen molar-refractivity contribution in [1.29, 1.82) is 0 Å². The number of aliphatic hydroxyl groups excluding tert-OH is 1. The van der Waals surface area contributed by atoms with E-state index in [-0.39, 0.29) is 30.3 Å². The van der Waals surface area contributed by atoms with Crippen LogP contribution in [-0.2, 0) is 6.61 Å². The molecule has 2 rings (SSSR count). The Bertz CT molecular complexity index is 630. The van der Waals surface area contributed by atoms with Crippen LogP contribution < -0.4 is 10.1 Å². The number of rotatable bonds is 6. The van der Waals surface area contributed by atoms with Crippen LogP contribution in [0.25, 0.3) is 0 Å². The summed E-state index contributed by atoms with van der Waals surface area (Å²) in [6.07, 6.45) is 0. The topological polar surface area (TPSA) is 41.5 Å². The largest absolute Gasteiger partial charge is 0.494 e. The molecule has 0 spiro atoms. The highest BCUT2D eigenvalue weighted by molar-refractivity contribution is 5.32. The van der Waals surface area contributed by atoms with Crippen molar-refractivity contribution in [2.45, 2.75) is 32.5 Å². The Kier molecular flexibility index (Phi) is 5.52. The number of halogens is 1. The molecule has 118 valence electrons. The van der Waals surface area contributed by atoms with Crippen LogP contribution in [-0.4, -0.2) is 12.2 Å². The van der Waals surface area contributed by atoms with Gasteiger partial charge in [-0.2, -0.15) is 0 Å². The number of aliphatic hydroxyl groups is 1. The molecule has 2 aromatic rings. The molecule has 4 heteroatoms. The van der Waals surface area contributed by atoms with E-state index in [1.807, 2.05) is 31.2 Å². The monoisotopic (exact) mass is 303 g/mol. The van der Waals surface area contributed by atoms with Gasteiger partial charge in [0.05, 0.1) is 13.7 Å². The minimum Gasteiger partial charge on any atom is -0.494 e. The maximum absolute atomic E-state index is 13.5. The Morgan fingerprint density at radius 1 is 1.09 bits per heavy atom. The third kappa shape index (κ3) is 3.84. The summed E-state index contributed by atoms with van der Waals surface area (Å²) in [5, 5.41) is 12.7. The second-order valence-corrected chi connectivity index (χ2v) is 5.41. The van der Waals surface area contributed by atoms with Crippen molar-refractivity contribution in [1.82, 2.24) is 5.32 Å². The third-order valence-corrected chi connectivity index (χ3v) is 3.81. The second-order valence-electron chi connectivity index (χ2n) is 5.41. The molecular weight excluding hydrogens is 281 g/mol. The first-order valence-corrected chi connectivity index (χ1v) is 7.34. The van der Waals surface area contributed by atoms with Crippen molar-refractivity contribution in [3.8, 4) is 5.75 Å². The lowest BCUT2D eigenvalue weighted by Crippen LogP contribution is -2.22. The molecule has 0 aliphatic carbocycles. The molecule has 0 aliphatic heterocycles. The molecule has 0 aliphatic rings. The van der Waals surface area contributed by atoms with Gasteiger partial charge in [-0.3, -0.25) is 0 Å². The summed E-state index contributed by atoms with van der Waals surface area (Å²) in [6.45, 7) is 4.12. The van der Waals surface area contributed by atoms with E-state index in [0.717, 1.165) is 16.7 Å². The van der Waals surface area contributed by atoms with Gasteiger partial charge in [0.25, 0.3) is 0 Å². The summed E-state index contributed by atoms with van der Waals surface area (Å²) in [4.78, 5) is 0. The molecule has 2 atom stereocenters. The highest BCUT2D eigenvalue weighted by Crippen LogP contribution is 2.25. The first kappa shape index (κ1) is 16.5. The van der Waals surface area contributed by atoms with Gasteiger partial charge in [-0.1, -0.05) is 30.3 Å². The molecule has 0 aromatic heterocycles. The van der Waals surface area contributed by atoms with E-state index >= 15 is 0 Å². The first-order valence-electron chi connectivity index (χ1n) is 7.34. The fourth-order valence-electron chi connectivity index (χ4n) is 2.47. The van der Waals surface area contributed by atoms with Crippen LogP contribution in [0.3, 0.4) is 0 Å². The zero-order valence-corrected chi connectivity index (χ0v) is 13.1. The lowest BCUT2D eigenvalue weighted by molar-refractivity contribution is 0.281. The number of ether oxygens (including phenoxy) is 1. The summed E-state index contributed by atoms with van der Waals surface area (Å²) < 4.78 is 18.5. The van der Waals surface area contributed by atoms with E-state index in [9.17, 15) is 9.50 Å². The van der Waals surface area contributed by atoms with Crippen molar-refractivity contribution < 1.29 is 14.2 Å². The lowest BCUT2D eigenvalue weighted by atomic mass is 10.0. The normalized spacial score (nSPS) is 13.7. The molecule has 0 amide bonds. The number of methoxy groups -OCH3 is 1. The Hall–Kier alpha value is -1.91. The molecule has 0 saturated carbocycles. The predicted octanol–water partition coefficient (Wildman–Crippen LogP) is 3.74. The molecule has 0 heterocycles. The van der Waals surface area contributed by atoms with Crippen LogP contribution in [0.4, 0.5) is 4.39 Å². The molecule has 2 unspecified atom stereocenters. The van der Waals surface area contributed by atoms with Gasteiger partial charge in [0.15, 0.2) is 11.6 Å². The lowest BCUT2D eigenvalue weighted by Gasteiger charge is -2.21. The summed E-state index contributed by atoms with van der Waals surface area (Å²) in [7, 11) is 1.46. The number of nitrogens with one attached hydrogen (secondary N) is 1. The van der Waals surface area contributed by atoms with Crippen LogP contribution in [0.15, 0.2) is 42.5 Å².